The van der Waals surface area contributed by atoms with E-state index in [0.29, 0.717) is 38.4 Å². The summed E-state index contributed by atoms with van der Waals surface area (Å²) in [6, 6.07) is 5.10. The molecule has 0 bridgehead atoms. The van der Waals surface area contributed by atoms with E-state index in [1.807, 2.05) is 13.8 Å². The van der Waals surface area contributed by atoms with E-state index in [-0.39, 0.29) is 24.3 Å². The summed E-state index contributed by atoms with van der Waals surface area (Å²) < 4.78 is 43.9. The fourth-order valence-corrected chi connectivity index (χ4v) is 3.82. The topological polar surface area (TPSA) is 70.2 Å². The Morgan fingerprint density at radius 1 is 1.16 bits per heavy atom. The Kier molecular flexibility index (Phi) is 6.76. The van der Waals surface area contributed by atoms with Gasteiger partial charge in [-0.1, -0.05) is 6.07 Å². The van der Waals surface area contributed by atoms with Gasteiger partial charge in [0.1, 0.15) is 0 Å². The monoisotopic (exact) mass is 441 g/mol. The number of carbonyl (C=O) groups excluding carboxylic acids is 3. The zero-order valence-electron chi connectivity index (χ0n) is 17.5. The molecule has 2 aliphatic rings. The SMILES string of the molecule is CC(C)N1CC(C(=O)OCC(=O)N2CCN(c3cccc(C(F)(F)F)c3)CC2)CC1=O. The van der Waals surface area contributed by atoms with Crippen LogP contribution in [0.15, 0.2) is 24.3 Å². The summed E-state index contributed by atoms with van der Waals surface area (Å²) >= 11 is 0. The number of ether oxygens (including phenoxy) is 1. The van der Waals surface area contributed by atoms with Gasteiger partial charge in [-0.15, -0.1) is 0 Å². The Morgan fingerprint density at radius 3 is 2.42 bits per heavy atom. The Morgan fingerprint density at radius 2 is 1.84 bits per heavy atom. The van der Waals surface area contributed by atoms with Crippen molar-refractivity contribution >= 4 is 23.5 Å². The molecule has 0 N–H and O–H groups in total. The normalized spacial score (nSPS) is 19.9. The second kappa shape index (κ2) is 9.15. The summed E-state index contributed by atoms with van der Waals surface area (Å²) in [5, 5.41) is 0. The molecule has 0 radical (unpaired) electrons. The van der Waals surface area contributed by atoms with Crippen LogP contribution in [0, 0.1) is 5.92 Å². The molecule has 3 rings (SSSR count). The highest BCUT2D eigenvalue weighted by Gasteiger charge is 2.37. The van der Waals surface area contributed by atoms with Crippen LogP contribution in [-0.2, 0) is 25.3 Å². The highest BCUT2D eigenvalue weighted by atomic mass is 19.4. The van der Waals surface area contributed by atoms with Gasteiger partial charge in [0.25, 0.3) is 5.91 Å². The largest absolute Gasteiger partial charge is 0.455 e. The van der Waals surface area contributed by atoms with E-state index in [4.69, 9.17) is 4.74 Å². The smallest absolute Gasteiger partial charge is 0.416 e. The molecule has 2 heterocycles. The summed E-state index contributed by atoms with van der Waals surface area (Å²) in [4.78, 5) is 41.5. The minimum absolute atomic E-state index is 0.0000494. The van der Waals surface area contributed by atoms with Crippen molar-refractivity contribution in [2.75, 3.05) is 44.2 Å². The van der Waals surface area contributed by atoms with Gasteiger partial charge in [-0.3, -0.25) is 14.4 Å². The first-order valence-electron chi connectivity index (χ1n) is 10.2. The van der Waals surface area contributed by atoms with E-state index in [0.717, 1.165) is 12.1 Å². The minimum Gasteiger partial charge on any atom is -0.455 e. The molecule has 0 aromatic heterocycles. The minimum atomic E-state index is -4.41. The van der Waals surface area contributed by atoms with Gasteiger partial charge in [0.2, 0.25) is 5.91 Å². The highest BCUT2D eigenvalue weighted by molar-refractivity contribution is 5.88. The van der Waals surface area contributed by atoms with Crippen LogP contribution in [0.1, 0.15) is 25.8 Å². The molecule has 1 aromatic carbocycles. The fourth-order valence-electron chi connectivity index (χ4n) is 3.82. The number of hydrogen-bond acceptors (Lipinski definition) is 5. The standard InChI is InChI=1S/C21H26F3N3O4/c1-14(2)27-12-15(10-18(27)28)20(30)31-13-19(29)26-8-6-25(7-9-26)17-5-3-4-16(11-17)21(22,23)24/h3-5,11,14-15H,6-10,12-13H2,1-2H3. The summed E-state index contributed by atoms with van der Waals surface area (Å²) in [5.74, 6) is -1.59. The lowest BCUT2D eigenvalue weighted by Crippen LogP contribution is -2.50. The van der Waals surface area contributed by atoms with Crippen LogP contribution >= 0.6 is 0 Å². The Bertz CT molecular complexity index is 835. The molecule has 0 aliphatic carbocycles. The maximum atomic E-state index is 12.9. The molecule has 2 aliphatic heterocycles. The summed E-state index contributed by atoms with van der Waals surface area (Å²) in [5.41, 5.74) is -0.259. The number of likely N-dealkylation sites (tertiary alicyclic amines) is 1. The van der Waals surface area contributed by atoms with Gasteiger partial charge in [0.05, 0.1) is 11.5 Å². The average Bonchev–Trinajstić information content (AvgIpc) is 3.13. The van der Waals surface area contributed by atoms with E-state index >= 15 is 0 Å². The molecular formula is C21H26F3N3O4. The van der Waals surface area contributed by atoms with Gasteiger partial charge in [-0.05, 0) is 32.0 Å². The van der Waals surface area contributed by atoms with Crippen molar-refractivity contribution in [3.63, 3.8) is 0 Å². The number of amides is 2. The first-order valence-corrected chi connectivity index (χ1v) is 10.2. The van der Waals surface area contributed by atoms with Crippen molar-refractivity contribution < 1.29 is 32.3 Å². The molecule has 1 unspecified atom stereocenters. The van der Waals surface area contributed by atoms with Crippen molar-refractivity contribution in [2.24, 2.45) is 5.92 Å². The molecule has 1 atom stereocenters. The predicted octanol–water partition coefficient (Wildman–Crippen LogP) is 2.15. The van der Waals surface area contributed by atoms with Crippen molar-refractivity contribution in [3.05, 3.63) is 29.8 Å². The van der Waals surface area contributed by atoms with Gasteiger partial charge in [0, 0.05) is 50.9 Å². The number of piperazine rings is 1. The number of esters is 1. The van der Waals surface area contributed by atoms with Gasteiger partial charge in [0.15, 0.2) is 6.61 Å². The maximum absolute atomic E-state index is 12.9. The van der Waals surface area contributed by atoms with E-state index in [1.54, 1.807) is 15.9 Å². The van der Waals surface area contributed by atoms with Gasteiger partial charge < -0.3 is 19.4 Å². The molecule has 31 heavy (non-hydrogen) atoms. The lowest BCUT2D eigenvalue weighted by Gasteiger charge is -2.36. The molecule has 2 saturated heterocycles. The van der Waals surface area contributed by atoms with Crippen LogP contribution in [0.4, 0.5) is 18.9 Å². The molecule has 2 fully saturated rings. The number of benzene rings is 1. The maximum Gasteiger partial charge on any atom is 0.416 e. The van der Waals surface area contributed by atoms with E-state index < -0.39 is 30.2 Å². The predicted molar refractivity (Wildman–Crippen MR) is 106 cm³/mol. The Balaban J connectivity index is 1.47. The summed E-state index contributed by atoms with van der Waals surface area (Å²) in [6.45, 7) is 5.00. The lowest BCUT2D eigenvalue weighted by atomic mass is 10.1. The Labute approximate surface area is 178 Å². The van der Waals surface area contributed by atoms with Gasteiger partial charge in [-0.2, -0.15) is 13.2 Å². The molecule has 2 amide bonds. The first-order chi connectivity index (χ1) is 14.6. The van der Waals surface area contributed by atoms with Gasteiger partial charge in [-0.25, -0.2) is 0 Å². The molecule has 170 valence electrons. The number of carbonyl (C=O) groups is 3. The second-order valence-corrected chi connectivity index (χ2v) is 8.06. The number of hydrogen-bond donors (Lipinski definition) is 0. The number of halogens is 3. The highest BCUT2D eigenvalue weighted by Crippen LogP contribution is 2.32. The lowest BCUT2D eigenvalue weighted by molar-refractivity contribution is -0.155. The molecule has 0 spiro atoms. The van der Waals surface area contributed by atoms with Crippen LogP contribution in [0.5, 0.6) is 0 Å². The summed E-state index contributed by atoms with van der Waals surface area (Å²) in [6.07, 6.45) is -4.32. The average molecular weight is 441 g/mol. The zero-order chi connectivity index (χ0) is 22.8. The fraction of sp³-hybridized carbons (Fsp3) is 0.571. The third kappa shape index (κ3) is 5.48. The van der Waals surface area contributed by atoms with Crippen molar-refractivity contribution in [2.45, 2.75) is 32.5 Å². The van der Waals surface area contributed by atoms with E-state index in [9.17, 15) is 27.6 Å². The van der Waals surface area contributed by atoms with Crippen molar-refractivity contribution in [1.82, 2.24) is 9.80 Å². The number of anilines is 1. The Hall–Kier alpha value is -2.78. The van der Waals surface area contributed by atoms with Crippen LogP contribution in [0.2, 0.25) is 0 Å². The molecular weight excluding hydrogens is 415 g/mol. The van der Waals surface area contributed by atoms with Crippen LogP contribution in [0.25, 0.3) is 0 Å². The first kappa shape index (κ1) is 22.9. The molecule has 7 nitrogen and oxygen atoms in total. The van der Waals surface area contributed by atoms with Crippen LogP contribution in [0.3, 0.4) is 0 Å². The number of alkyl halides is 3. The third-order valence-corrected chi connectivity index (χ3v) is 5.62. The van der Waals surface area contributed by atoms with Gasteiger partial charge >= 0.3 is 12.1 Å². The second-order valence-electron chi connectivity index (χ2n) is 8.06. The van der Waals surface area contributed by atoms with E-state index in [1.165, 1.54) is 11.0 Å². The molecule has 0 saturated carbocycles. The zero-order valence-corrected chi connectivity index (χ0v) is 17.5. The van der Waals surface area contributed by atoms with Crippen molar-refractivity contribution in [3.8, 4) is 0 Å². The van der Waals surface area contributed by atoms with Crippen molar-refractivity contribution in [1.29, 1.82) is 0 Å². The van der Waals surface area contributed by atoms with Crippen LogP contribution in [-0.4, -0.2) is 73.0 Å². The molecule has 1 aromatic rings. The third-order valence-electron chi connectivity index (χ3n) is 5.62. The van der Waals surface area contributed by atoms with E-state index in [2.05, 4.69) is 0 Å². The molecule has 10 heteroatoms. The van der Waals surface area contributed by atoms with Crippen LogP contribution < -0.4 is 4.90 Å². The number of nitrogens with zero attached hydrogens (tertiary/aromatic N) is 3. The number of rotatable bonds is 5. The quantitative estimate of drug-likeness (QED) is 0.655. The summed E-state index contributed by atoms with van der Waals surface area (Å²) in [7, 11) is 0.